The summed E-state index contributed by atoms with van der Waals surface area (Å²) in [5.74, 6) is 0.940. The molecule has 2 aromatic heterocycles. The van der Waals surface area contributed by atoms with Gasteiger partial charge in [-0.3, -0.25) is 4.90 Å². The molecule has 18 heavy (non-hydrogen) atoms. The zero-order valence-corrected chi connectivity index (χ0v) is 11.6. The van der Waals surface area contributed by atoms with E-state index in [2.05, 4.69) is 16.8 Å². The third-order valence-corrected chi connectivity index (χ3v) is 3.23. The number of aromatic nitrogens is 1. The summed E-state index contributed by atoms with van der Waals surface area (Å²) in [6.07, 6.45) is 1.68. The van der Waals surface area contributed by atoms with Gasteiger partial charge in [-0.25, -0.2) is 4.98 Å². The first-order chi connectivity index (χ1) is 8.69. The molecule has 0 saturated heterocycles. The van der Waals surface area contributed by atoms with Crippen molar-refractivity contribution in [3.63, 3.8) is 0 Å². The van der Waals surface area contributed by atoms with Crippen LogP contribution in [0.4, 0.5) is 0 Å². The van der Waals surface area contributed by atoms with Crippen molar-refractivity contribution in [1.29, 1.82) is 0 Å². The van der Waals surface area contributed by atoms with Crippen LogP contribution in [0.15, 0.2) is 34.9 Å². The van der Waals surface area contributed by atoms with Gasteiger partial charge in [-0.05, 0) is 24.7 Å². The van der Waals surface area contributed by atoms with Crippen molar-refractivity contribution < 1.29 is 4.42 Å². The third kappa shape index (κ3) is 3.48. The maximum atomic E-state index is 6.07. The lowest BCUT2D eigenvalue weighted by Crippen LogP contribution is -2.22. The summed E-state index contributed by atoms with van der Waals surface area (Å²) in [7, 11) is 0. The molecule has 0 saturated carbocycles. The quantitative estimate of drug-likeness (QED) is 0.777. The van der Waals surface area contributed by atoms with E-state index in [1.807, 2.05) is 18.2 Å². The molecule has 5 heteroatoms. The van der Waals surface area contributed by atoms with Gasteiger partial charge in [0.05, 0.1) is 12.8 Å². The Hall–Kier alpha value is -1.03. The molecule has 96 valence electrons. The molecular weight excluding hydrogens is 271 g/mol. The Morgan fingerprint density at radius 3 is 2.67 bits per heavy atom. The van der Waals surface area contributed by atoms with Crippen molar-refractivity contribution >= 4 is 23.2 Å². The predicted octanol–water partition coefficient (Wildman–Crippen LogP) is 4.00. The number of furan rings is 1. The zero-order valence-electron chi connectivity index (χ0n) is 10.1. The van der Waals surface area contributed by atoms with Gasteiger partial charge in [-0.15, -0.1) is 0 Å². The molecule has 2 heterocycles. The summed E-state index contributed by atoms with van der Waals surface area (Å²) in [4.78, 5) is 6.26. The molecule has 0 aromatic carbocycles. The molecule has 0 aliphatic heterocycles. The second-order valence-corrected chi connectivity index (χ2v) is 4.71. The van der Waals surface area contributed by atoms with Crippen LogP contribution in [0.2, 0.25) is 10.3 Å². The molecule has 0 amide bonds. The number of hydrogen-bond donors (Lipinski definition) is 0. The molecule has 0 N–H and O–H groups in total. The van der Waals surface area contributed by atoms with Crippen LogP contribution in [0.25, 0.3) is 0 Å². The molecular formula is C13H14Cl2N2O. The Labute approximate surface area is 116 Å². The Balaban J connectivity index is 2.05. The smallest absolute Gasteiger partial charge is 0.135 e. The highest BCUT2D eigenvalue weighted by atomic mass is 35.5. The first-order valence-corrected chi connectivity index (χ1v) is 6.50. The Bertz CT molecular complexity index is 500. The summed E-state index contributed by atoms with van der Waals surface area (Å²) in [5.41, 5.74) is 0.967. The van der Waals surface area contributed by atoms with Crippen LogP contribution in [0.5, 0.6) is 0 Å². The van der Waals surface area contributed by atoms with Gasteiger partial charge in [0.25, 0.3) is 0 Å². The van der Waals surface area contributed by atoms with E-state index in [4.69, 9.17) is 27.6 Å². The van der Waals surface area contributed by atoms with Crippen LogP contribution in [-0.4, -0.2) is 16.4 Å². The van der Waals surface area contributed by atoms with E-state index in [-0.39, 0.29) is 0 Å². The number of nitrogens with zero attached hydrogens (tertiary/aromatic N) is 2. The van der Waals surface area contributed by atoms with Crippen LogP contribution < -0.4 is 0 Å². The first kappa shape index (κ1) is 13.4. The zero-order chi connectivity index (χ0) is 13.0. The van der Waals surface area contributed by atoms with E-state index in [1.54, 1.807) is 12.3 Å². The maximum Gasteiger partial charge on any atom is 0.135 e. The topological polar surface area (TPSA) is 29.3 Å². The van der Waals surface area contributed by atoms with Crippen LogP contribution in [-0.2, 0) is 13.1 Å². The SMILES string of the molecule is CCN(Cc1ccco1)Cc1ccc(Cl)nc1Cl. The maximum absolute atomic E-state index is 6.07. The summed E-state index contributed by atoms with van der Waals surface area (Å²) in [6, 6.07) is 7.51. The summed E-state index contributed by atoms with van der Waals surface area (Å²) >= 11 is 11.8. The highest BCUT2D eigenvalue weighted by Gasteiger charge is 2.10. The van der Waals surface area contributed by atoms with Crippen molar-refractivity contribution in [3.05, 3.63) is 52.2 Å². The fraction of sp³-hybridized carbons (Fsp3) is 0.308. The molecule has 0 spiro atoms. The standard InChI is InChI=1S/C13H14Cl2N2O/c1-2-17(9-11-4-3-7-18-11)8-10-5-6-12(14)16-13(10)15/h3-7H,2,8-9H2,1H3. The van der Waals surface area contributed by atoms with Crippen LogP contribution in [0.1, 0.15) is 18.2 Å². The van der Waals surface area contributed by atoms with Gasteiger partial charge < -0.3 is 4.42 Å². The largest absolute Gasteiger partial charge is 0.468 e. The van der Waals surface area contributed by atoms with E-state index in [0.29, 0.717) is 10.3 Å². The molecule has 0 bridgehead atoms. The van der Waals surface area contributed by atoms with E-state index in [1.165, 1.54) is 0 Å². The lowest BCUT2D eigenvalue weighted by molar-refractivity contribution is 0.247. The van der Waals surface area contributed by atoms with Crippen LogP contribution in [0, 0.1) is 0 Å². The van der Waals surface area contributed by atoms with Gasteiger partial charge >= 0.3 is 0 Å². The van der Waals surface area contributed by atoms with Gasteiger partial charge in [0, 0.05) is 12.1 Å². The highest BCUT2D eigenvalue weighted by molar-refractivity contribution is 6.32. The number of halogens is 2. The van der Waals surface area contributed by atoms with Crippen LogP contribution >= 0.6 is 23.2 Å². The second-order valence-electron chi connectivity index (χ2n) is 3.97. The molecule has 2 aromatic rings. The van der Waals surface area contributed by atoms with Crippen molar-refractivity contribution in [2.75, 3.05) is 6.54 Å². The highest BCUT2D eigenvalue weighted by Crippen LogP contribution is 2.19. The number of pyridine rings is 1. The fourth-order valence-electron chi connectivity index (χ4n) is 1.70. The fourth-order valence-corrected chi connectivity index (χ4v) is 2.11. The molecule has 0 fully saturated rings. The minimum atomic E-state index is 0.415. The average molecular weight is 285 g/mol. The molecule has 0 aliphatic carbocycles. The molecule has 0 aliphatic rings. The van der Waals surface area contributed by atoms with E-state index in [0.717, 1.165) is 31.0 Å². The molecule has 3 nitrogen and oxygen atoms in total. The minimum absolute atomic E-state index is 0.415. The van der Waals surface area contributed by atoms with Crippen molar-refractivity contribution in [3.8, 4) is 0 Å². The van der Waals surface area contributed by atoms with Crippen molar-refractivity contribution in [1.82, 2.24) is 9.88 Å². The van der Waals surface area contributed by atoms with E-state index in [9.17, 15) is 0 Å². The second kappa shape index (κ2) is 6.23. The van der Waals surface area contributed by atoms with Gasteiger partial charge in [0.2, 0.25) is 0 Å². The molecule has 0 radical (unpaired) electrons. The normalized spacial score (nSPS) is 11.1. The predicted molar refractivity (Wildman–Crippen MR) is 72.8 cm³/mol. The minimum Gasteiger partial charge on any atom is -0.468 e. The lowest BCUT2D eigenvalue weighted by Gasteiger charge is -2.19. The Morgan fingerprint density at radius 1 is 1.22 bits per heavy atom. The average Bonchev–Trinajstić information content (AvgIpc) is 2.84. The van der Waals surface area contributed by atoms with Crippen molar-refractivity contribution in [2.45, 2.75) is 20.0 Å². The van der Waals surface area contributed by atoms with Gasteiger partial charge in [0.1, 0.15) is 16.1 Å². The third-order valence-electron chi connectivity index (χ3n) is 2.69. The summed E-state index contributed by atoms with van der Waals surface area (Å²) in [6.45, 7) is 4.47. The molecule has 0 unspecified atom stereocenters. The van der Waals surface area contributed by atoms with Crippen molar-refractivity contribution in [2.24, 2.45) is 0 Å². The summed E-state index contributed by atoms with van der Waals surface area (Å²) in [5, 5.41) is 0.873. The van der Waals surface area contributed by atoms with E-state index < -0.39 is 0 Å². The Kier molecular flexibility index (Phi) is 4.64. The van der Waals surface area contributed by atoms with Crippen LogP contribution in [0.3, 0.4) is 0 Å². The first-order valence-electron chi connectivity index (χ1n) is 5.74. The Morgan fingerprint density at radius 2 is 2.06 bits per heavy atom. The lowest BCUT2D eigenvalue weighted by atomic mass is 10.2. The van der Waals surface area contributed by atoms with Gasteiger partial charge in [-0.1, -0.05) is 36.2 Å². The van der Waals surface area contributed by atoms with Gasteiger partial charge in [-0.2, -0.15) is 0 Å². The monoisotopic (exact) mass is 284 g/mol. The van der Waals surface area contributed by atoms with Gasteiger partial charge in [0.15, 0.2) is 0 Å². The van der Waals surface area contributed by atoms with E-state index >= 15 is 0 Å². The number of hydrogen-bond acceptors (Lipinski definition) is 3. The number of rotatable bonds is 5. The molecule has 0 atom stereocenters. The molecule has 2 rings (SSSR count). The summed E-state index contributed by atoms with van der Waals surface area (Å²) < 4.78 is 5.34.